The summed E-state index contributed by atoms with van der Waals surface area (Å²) < 4.78 is 3.64. The van der Waals surface area contributed by atoms with Crippen molar-refractivity contribution in [3.05, 3.63) is 5.56 Å². The SMILES string of the molecule is CN(C)c1snc(O)c1C#N. The summed E-state index contributed by atoms with van der Waals surface area (Å²) in [6, 6.07) is 1.88. The van der Waals surface area contributed by atoms with Crippen LogP contribution in [0.2, 0.25) is 0 Å². The number of aromatic hydroxyl groups is 1. The van der Waals surface area contributed by atoms with Gasteiger partial charge >= 0.3 is 0 Å². The van der Waals surface area contributed by atoms with Crippen molar-refractivity contribution in [3.63, 3.8) is 0 Å². The van der Waals surface area contributed by atoms with E-state index in [0.29, 0.717) is 5.00 Å². The van der Waals surface area contributed by atoms with E-state index < -0.39 is 0 Å². The summed E-state index contributed by atoms with van der Waals surface area (Å²) in [6.07, 6.45) is 0. The largest absolute Gasteiger partial charge is 0.492 e. The van der Waals surface area contributed by atoms with E-state index in [-0.39, 0.29) is 11.4 Å². The van der Waals surface area contributed by atoms with E-state index in [9.17, 15) is 0 Å². The van der Waals surface area contributed by atoms with Crippen molar-refractivity contribution in [1.29, 1.82) is 5.26 Å². The molecule has 0 aliphatic heterocycles. The lowest BCUT2D eigenvalue weighted by molar-refractivity contribution is 0.458. The maximum Gasteiger partial charge on any atom is 0.243 e. The molecule has 0 aliphatic carbocycles. The van der Waals surface area contributed by atoms with Crippen LogP contribution < -0.4 is 4.90 Å². The molecule has 5 heteroatoms. The van der Waals surface area contributed by atoms with Crippen molar-refractivity contribution in [2.45, 2.75) is 0 Å². The summed E-state index contributed by atoms with van der Waals surface area (Å²) in [7, 11) is 3.60. The first kappa shape index (κ1) is 7.82. The van der Waals surface area contributed by atoms with E-state index in [1.165, 1.54) is 0 Å². The van der Waals surface area contributed by atoms with Crippen LogP contribution in [0.4, 0.5) is 5.00 Å². The van der Waals surface area contributed by atoms with Gasteiger partial charge in [0.1, 0.15) is 16.6 Å². The molecular formula is C6H7N3OS. The summed E-state index contributed by atoms with van der Waals surface area (Å²) in [5, 5.41) is 18.3. The third kappa shape index (κ3) is 1.25. The fraction of sp³-hybridized carbons (Fsp3) is 0.333. The molecule has 1 aromatic heterocycles. The molecule has 4 nitrogen and oxygen atoms in total. The van der Waals surface area contributed by atoms with E-state index in [1.807, 2.05) is 6.07 Å². The van der Waals surface area contributed by atoms with Crippen LogP contribution in [-0.2, 0) is 0 Å². The van der Waals surface area contributed by atoms with E-state index in [2.05, 4.69) is 4.37 Å². The monoisotopic (exact) mass is 169 g/mol. The van der Waals surface area contributed by atoms with Gasteiger partial charge in [-0.2, -0.15) is 9.64 Å². The van der Waals surface area contributed by atoms with Gasteiger partial charge in [0.05, 0.1) is 0 Å². The van der Waals surface area contributed by atoms with E-state index in [0.717, 1.165) is 11.5 Å². The Morgan fingerprint density at radius 2 is 2.27 bits per heavy atom. The van der Waals surface area contributed by atoms with Crippen LogP contribution in [0, 0.1) is 11.3 Å². The Bertz CT molecular complexity index is 299. The molecule has 0 radical (unpaired) electrons. The Labute approximate surface area is 68.5 Å². The number of nitrogens with zero attached hydrogens (tertiary/aromatic N) is 3. The Hall–Kier alpha value is -1.28. The fourth-order valence-corrected chi connectivity index (χ4v) is 1.33. The lowest BCUT2D eigenvalue weighted by atomic mass is 10.3. The predicted molar refractivity (Wildman–Crippen MR) is 42.8 cm³/mol. The van der Waals surface area contributed by atoms with Crippen LogP contribution in [0.3, 0.4) is 0 Å². The van der Waals surface area contributed by atoms with E-state index in [1.54, 1.807) is 19.0 Å². The van der Waals surface area contributed by atoms with Crippen molar-refractivity contribution >= 4 is 16.5 Å². The van der Waals surface area contributed by atoms with Crippen LogP contribution >= 0.6 is 11.5 Å². The quantitative estimate of drug-likeness (QED) is 0.675. The van der Waals surface area contributed by atoms with Gasteiger partial charge in [-0.15, -0.1) is 0 Å². The molecule has 11 heavy (non-hydrogen) atoms. The van der Waals surface area contributed by atoms with Gasteiger partial charge in [0.25, 0.3) is 0 Å². The third-order valence-corrected chi connectivity index (χ3v) is 2.18. The van der Waals surface area contributed by atoms with Gasteiger partial charge in [0.15, 0.2) is 0 Å². The Kier molecular flexibility index (Phi) is 1.96. The molecule has 1 rings (SSSR count). The van der Waals surface area contributed by atoms with Gasteiger partial charge in [0, 0.05) is 14.1 Å². The lowest BCUT2D eigenvalue weighted by Gasteiger charge is -2.06. The molecule has 0 saturated carbocycles. The van der Waals surface area contributed by atoms with Crippen LogP contribution in [0.15, 0.2) is 0 Å². The minimum absolute atomic E-state index is 0.179. The Morgan fingerprint density at radius 1 is 1.64 bits per heavy atom. The minimum atomic E-state index is -0.179. The molecular weight excluding hydrogens is 162 g/mol. The molecule has 0 aliphatic rings. The molecule has 58 valence electrons. The highest BCUT2D eigenvalue weighted by Crippen LogP contribution is 2.30. The van der Waals surface area contributed by atoms with E-state index in [4.69, 9.17) is 10.4 Å². The Balaban J connectivity index is 3.19. The normalized spacial score (nSPS) is 9.18. The zero-order chi connectivity index (χ0) is 8.43. The molecule has 0 bridgehead atoms. The highest BCUT2D eigenvalue weighted by Gasteiger charge is 2.13. The van der Waals surface area contributed by atoms with Gasteiger partial charge < -0.3 is 10.0 Å². The molecule has 0 saturated heterocycles. The summed E-state index contributed by atoms with van der Waals surface area (Å²) in [4.78, 5) is 1.75. The molecule has 0 fully saturated rings. The van der Waals surface area contributed by atoms with Crippen molar-refractivity contribution in [3.8, 4) is 11.9 Å². The highest BCUT2D eigenvalue weighted by atomic mass is 32.1. The first-order valence-electron chi connectivity index (χ1n) is 2.93. The van der Waals surface area contributed by atoms with E-state index >= 15 is 0 Å². The molecule has 0 atom stereocenters. The van der Waals surface area contributed by atoms with Crippen molar-refractivity contribution in [2.24, 2.45) is 0 Å². The summed E-state index contributed by atoms with van der Waals surface area (Å²) in [5.41, 5.74) is 0.250. The van der Waals surface area contributed by atoms with Crippen molar-refractivity contribution < 1.29 is 5.11 Å². The first-order valence-corrected chi connectivity index (χ1v) is 3.70. The number of hydrogen-bond donors (Lipinski definition) is 1. The van der Waals surface area contributed by atoms with Gasteiger partial charge in [-0.1, -0.05) is 0 Å². The maximum atomic E-state index is 9.03. The average molecular weight is 169 g/mol. The highest BCUT2D eigenvalue weighted by molar-refractivity contribution is 7.10. The number of hydrogen-bond acceptors (Lipinski definition) is 5. The number of rotatable bonds is 1. The van der Waals surface area contributed by atoms with Crippen LogP contribution in [-0.4, -0.2) is 23.6 Å². The predicted octanol–water partition coefficient (Wildman–Crippen LogP) is 0.786. The third-order valence-electron chi connectivity index (χ3n) is 1.17. The van der Waals surface area contributed by atoms with Crippen LogP contribution in [0.5, 0.6) is 5.88 Å². The maximum absolute atomic E-state index is 9.03. The second-order valence-corrected chi connectivity index (χ2v) is 2.94. The molecule has 0 unspecified atom stereocenters. The second-order valence-electron chi connectivity index (χ2n) is 2.19. The van der Waals surface area contributed by atoms with Crippen LogP contribution in [0.1, 0.15) is 5.56 Å². The molecule has 1 aromatic rings. The zero-order valence-corrected chi connectivity index (χ0v) is 7.01. The molecule has 0 spiro atoms. The van der Waals surface area contributed by atoms with Gasteiger partial charge in [-0.3, -0.25) is 0 Å². The number of nitriles is 1. The van der Waals surface area contributed by atoms with Crippen LogP contribution in [0.25, 0.3) is 0 Å². The van der Waals surface area contributed by atoms with Crippen molar-refractivity contribution in [1.82, 2.24) is 4.37 Å². The lowest BCUT2D eigenvalue weighted by Crippen LogP contribution is -2.07. The minimum Gasteiger partial charge on any atom is -0.492 e. The van der Waals surface area contributed by atoms with Crippen molar-refractivity contribution in [2.75, 3.05) is 19.0 Å². The summed E-state index contributed by atoms with van der Waals surface area (Å²) in [6.45, 7) is 0. The van der Waals surface area contributed by atoms with Gasteiger partial charge in [-0.25, -0.2) is 0 Å². The Morgan fingerprint density at radius 3 is 2.64 bits per heavy atom. The van der Waals surface area contributed by atoms with Gasteiger partial charge in [-0.05, 0) is 11.5 Å². The number of anilines is 1. The summed E-state index contributed by atoms with van der Waals surface area (Å²) in [5.74, 6) is -0.179. The topological polar surface area (TPSA) is 60.1 Å². The molecule has 1 heterocycles. The molecule has 0 aromatic carbocycles. The zero-order valence-electron chi connectivity index (χ0n) is 6.20. The van der Waals surface area contributed by atoms with Gasteiger partial charge in [0.2, 0.25) is 5.88 Å². The average Bonchev–Trinajstić information content (AvgIpc) is 2.30. The number of aromatic nitrogens is 1. The standard InChI is InChI=1S/C6H7N3OS/c1-9(2)6-4(3-7)5(10)8-11-6/h1-2H3,(H,8,10). The molecule has 1 N–H and O–H groups in total. The fourth-order valence-electron chi connectivity index (χ4n) is 0.676. The molecule has 0 amide bonds. The summed E-state index contributed by atoms with van der Waals surface area (Å²) >= 11 is 1.11. The second kappa shape index (κ2) is 2.76. The first-order chi connectivity index (χ1) is 5.16. The smallest absolute Gasteiger partial charge is 0.243 e.